The highest BCUT2D eigenvalue weighted by Crippen LogP contribution is 2.25. The van der Waals surface area contributed by atoms with Gasteiger partial charge in [0.2, 0.25) is 0 Å². The van der Waals surface area contributed by atoms with E-state index in [0.29, 0.717) is 24.3 Å². The summed E-state index contributed by atoms with van der Waals surface area (Å²) in [7, 11) is 0. The van der Waals surface area contributed by atoms with Crippen LogP contribution in [0.1, 0.15) is 30.1 Å². The minimum atomic E-state index is -0.319. The summed E-state index contributed by atoms with van der Waals surface area (Å²) in [6.45, 7) is 1.68. The van der Waals surface area contributed by atoms with Crippen molar-refractivity contribution in [2.75, 3.05) is 13.2 Å². The number of aromatic nitrogens is 4. The quantitative estimate of drug-likeness (QED) is 0.737. The van der Waals surface area contributed by atoms with Crippen LogP contribution in [0.15, 0.2) is 41.6 Å². The highest BCUT2D eigenvalue weighted by atomic mass is 19.1. The van der Waals surface area contributed by atoms with E-state index in [-0.39, 0.29) is 23.8 Å². The monoisotopic (exact) mass is 328 g/mol. The van der Waals surface area contributed by atoms with Crippen molar-refractivity contribution in [2.24, 2.45) is 0 Å². The molecule has 0 spiro atoms. The third-order valence-corrected chi connectivity index (χ3v) is 4.38. The van der Waals surface area contributed by atoms with Gasteiger partial charge in [-0.05, 0) is 30.5 Å². The molecule has 1 aromatic carbocycles. The van der Waals surface area contributed by atoms with Crippen LogP contribution in [-0.4, -0.2) is 32.4 Å². The number of hydrogen-bond acceptors (Lipinski definition) is 4. The Kier molecular flexibility index (Phi) is 3.86. The molecule has 0 atom stereocenters. The van der Waals surface area contributed by atoms with Gasteiger partial charge in [-0.2, -0.15) is 5.10 Å². The van der Waals surface area contributed by atoms with E-state index >= 15 is 0 Å². The summed E-state index contributed by atoms with van der Waals surface area (Å²) in [5, 5.41) is 4.38. The van der Waals surface area contributed by atoms with Crippen molar-refractivity contribution in [1.82, 2.24) is 19.2 Å². The Balaban J connectivity index is 1.69. The van der Waals surface area contributed by atoms with Gasteiger partial charge in [0, 0.05) is 19.1 Å². The van der Waals surface area contributed by atoms with Crippen LogP contribution in [0.2, 0.25) is 0 Å². The van der Waals surface area contributed by atoms with Crippen molar-refractivity contribution >= 4 is 5.52 Å². The SMILES string of the molecule is O=c1c2cnc(C3CCOCC3)n2ncn1Cc1cccc(F)c1. The van der Waals surface area contributed by atoms with Crippen molar-refractivity contribution in [2.45, 2.75) is 25.3 Å². The van der Waals surface area contributed by atoms with Gasteiger partial charge in [0.1, 0.15) is 18.0 Å². The lowest BCUT2D eigenvalue weighted by atomic mass is 10.00. The first-order valence-corrected chi connectivity index (χ1v) is 7.97. The minimum absolute atomic E-state index is 0.180. The zero-order valence-corrected chi connectivity index (χ0v) is 13.1. The molecule has 0 bridgehead atoms. The van der Waals surface area contributed by atoms with Gasteiger partial charge in [-0.1, -0.05) is 12.1 Å². The molecule has 0 saturated carbocycles. The number of halogens is 1. The van der Waals surface area contributed by atoms with Gasteiger partial charge in [-0.25, -0.2) is 13.9 Å². The molecule has 2 aromatic heterocycles. The lowest BCUT2D eigenvalue weighted by Crippen LogP contribution is -2.24. The van der Waals surface area contributed by atoms with E-state index in [2.05, 4.69) is 10.1 Å². The largest absolute Gasteiger partial charge is 0.381 e. The van der Waals surface area contributed by atoms with Crippen LogP contribution < -0.4 is 5.56 Å². The van der Waals surface area contributed by atoms with Crippen LogP contribution in [0.25, 0.3) is 5.52 Å². The summed E-state index contributed by atoms with van der Waals surface area (Å²) in [6, 6.07) is 6.21. The second kappa shape index (κ2) is 6.16. The summed E-state index contributed by atoms with van der Waals surface area (Å²) in [5.41, 5.74) is 0.975. The molecule has 7 heteroatoms. The Morgan fingerprint density at radius 3 is 2.92 bits per heavy atom. The molecule has 0 unspecified atom stereocenters. The smallest absolute Gasteiger partial charge is 0.279 e. The topological polar surface area (TPSA) is 61.4 Å². The number of ether oxygens (including phenoxy) is 1. The third-order valence-electron chi connectivity index (χ3n) is 4.38. The number of benzene rings is 1. The van der Waals surface area contributed by atoms with E-state index in [9.17, 15) is 9.18 Å². The summed E-state index contributed by atoms with van der Waals surface area (Å²) in [5.74, 6) is 0.747. The van der Waals surface area contributed by atoms with Crippen molar-refractivity contribution in [3.63, 3.8) is 0 Å². The lowest BCUT2D eigenvalue weighted by Gasteiger charge is -2.20. The fourth-order valence-electron chi connectivity index (χ4n) is 3.12. The van der Waals surface area contributed by atoms with Gasteiger partial charge < -0.3 is 4.74 Å². The second-order valence-corrected chi connectivity index (χ2v) is 5.99. The van der Waals surface area contributed by atoms with E-state index in [0.717, 1.165) is 18.7 Å². The lowest BCUT2D eigenvalue weighted by molar-refractivity contribution is 0.0832. The van der Waals surface area contributed by atoms with E-state index in [1.807, 2.05) is 0 Å². The molecule has 0 aliphatic carbocycles. The van der Waals surface area contributed by atoms with Crippen LogP contribution in [0, 0.1) is 5.82 Å². The maximum absolute atomic E-state index is 13.3. The fourth-order valence-corrected chi connectivity index (χ4v) is 3.12. The van der Waals surface area contributed by atoms with Gasteiger partial charge >= 0.3 is 0 Å². The Bertz CT molecular complexity index is 928. The Morgan fingerprint density at radius 2 is 2.12 bits per heavy atom. The van der Waals surface area contributed by atoms with Crippen LogP contribution in [0.4, 0.5) is 4.39 Å². The predicted molar refractivity (Wildman–Crippen MR) is 85.5 cm³/mol. The van der Waals surface area contributed by atoms with Gasteiger partial charge in [-0.15, -0.1) is 0 Å². The van der Waals surface area contributed by atoms with Crippen molar-refractivity contribution < 1.29 is 9.13 Å². The molecule has 3 aromatic rings. The first-order chi connectivity index (χ1) is 11.7. The predicted octanol–water partition coefficient (Wildman–Crippen LogP) is 1.97. The highest BCUT2D eigenvalue weighted by molar-refractivity contribution is 5.42. The molecule has 0 radical (unpaired) electrons. The fraction of sp³-hybridized carbons (Fsp3) is 0.353. The van der Waals surface area contributed by atoms with Crippen LogP contribution in [0.3, 0.4) is 0 Å². The number of hydrogen-bond donors (Lipinski definition) is 0. The molecule has 1 saturated heterocycles. The van der Waals surface area contributed by atoms with Crippen molar-refractivity contribution in [1.29, 1.82) is 0 Å². The molecular weight excluding hydrogens is 311 g/mol. The molecule has 1 fully saturated rings. The molecule has 1 aliphatic rings. The third kappa shape index (κ3) is 2.71. The second-order valence-electron chi connectivity index (χ2n) is 5.99. The minimum Gasteiger partial charge on any atom is -0.381 e. The van der Waals surface area contributed by atoms with Gasteiger partial charge in [0.25, 0.3) is 5.56 Å². The summed E-state index contributed by atoms with van der Waals surface area (Å²) >= 11 is 0. The van der Waals surface area contributed by atoms with Gasteiger partial charge in [0.15, 0.2) is 5.52 Å². The molecule has 124 valence electrons. The van der Waals surface area contributed by atoms with Crippen LogP contribution >= 0.6 is 0 Å². The summed E-state index contributed by atoms with van der Waals surface area (Å²) in [4.78, 5) is 17.1. The Labute approximate surface area is 137 Å². The Hall–Kier alpha value is -2.54. The van der Waals surface area contributed by atoms with Crippen LogP contribution in [-0.2, 0) is 11.3 Å². The Morgan fingerprint density at radius 1 is 1.29 bits per heavy atom. The number of rotatable bonds is 3. The average Bonchev–Trinajstić information content (AvgIpc) is 3.03. The maximum Gasteiger partial charge on any atom is 0.279 e. The summed E-state index contributed by atoms with van der Waals surface area (Å²) in [6.07, 6.45) is 4.83. The zero-order chi connectivity index (χ0) is 16.5. The molecular formula is C17H17FN4O2. The standard InChI is InChI=1S/C17H17FN4O2/c18-14-3-1-2-12(8-14)10-21-11-20-22-15(17(21)23)9-19-16(22)13-4-6-24-7-5-13/h1-3,8-9,11,13H,4-7,10H2. The summed E-state index contributed by atoms with van der Waals surface area (Å²) < 4.78 is 21.8. The van der Waals surface area contributed by atoms with E-state index in [1.165, 1.54) is 23.0 Å². The first kappa shape index (κ1) is 15.0. The molecule has 0 amide bonds. The van der Waals surface area contributed by atoms with E-state index in [4.69, 9.17) is 4.74 Å². The highest BCUT2D eigenvalue weighted by Gasteiger charge is 2.22. The molecule has 3 heterocycles. The van der Waals surface area contributed by atoms with Crippen molar-refractivity contribution in [3.05, 3.63) is 64.3 Å². The molecule has 6 nitrogen and oxygen atoms in total. The van der Waals surface area contributed by atoms with Crippen LogP contribution in [0.5, 0.6) is 0 Å². The normalized spacial score (nSPS) is 15.9. The van der Waals surface area contributed by atoms with E-state index in [1.54, 1.807) is 22.8 Å². The molecule has 1 aliphatic heterocycles. The van der Waals surface area contributed by atoms with Gasteiger partial charge in [-0.3, -0.25) is 9.36 Å². The first-order valence-electron chi connectivity index (χ1n) is 7.97. The zero-order valence-electron chi connectivity index (χ0n) is 13.1. The maximum atomic E-state index is 13.3. The van der Waals surface area contributed by atoms with Gasteiger partial charge in [0.05, 0.1) is 12.7 Å². The molecule has 0 N–H and O–H groups in total. The number of imidazole rings is 1. The molecule has 4 rings (SSSR count). The number of nitrogens with zero attached hydrogens (tertiary/aromatic N) is 4. The van der Waals surface area contributed by atoms with E-state index < -0.39 is 0 Å². The van der Waals surface area contributed by atoms with Crippen molar-refractivity contribution in [3.8, 4) is 0 Å². The molecule has 24 heavy (non-hydrogen) atoms. The average molecular weight is 328 g/mol. The number of fused-ring (bicyclic) bond motifs is 1.